The standard InChI is InChI=1S/C11H18NO5P/c1-3-8-6-10(13)12(7-8)9(11(14)15)4-5-18(2,16)17/h3,8-9H,1,4-7H2,2H3,(H,14,15)(H,16,17). The van der Waals surface area contributed by atoms with Crippen molar-refractivity contribution in [3.63, 3.8) is 0 Å². The topological polar surface area (TPSA) is 94.9 Å². The average molecular weight is 275 g/mol. The van der Waals surface area contributed by atoms with E-state index < -0.39 is 19.4 Å². The first-order valence-electron chi connectivity index (χ1n) is 5.68. The lowest BCUT2D eigenvalue weighted by molar-refractivity contribution is -0.148. The number of aliphatic carboxylic acids is 1. The Morgan fingerprint density at radius 2 is 2.33 bits per heavy atom. The first-order valence-corrected chi connectivity index (χ1v) is 7.98. The molecule has 3 unspecified atom stereocenters. The third kappa shape index (κ3) is 3.96. The van der Waals surface area contributed by atoms with Gasteiger partial charge in [0.25, 0.3) is 0 Å². The Morgan fingerprint density at radius 1 is 1.72 bits per heavy atom. The number of carboxylic acid groups (broad SMARTS) is 1. The Hall–Kier alpha value is -1.13. The Labute approximate surface area is 106 Å². The predicted molar refractivity (Wildman–Crippen MR) is 66.7 cm³/mol. The Bertz CT molecular complexity index is 402. The molecular formula is C11H18NO5P. The molecule has 1 amide bonds. The van der Waals surface area contributed by atoms with Crippen LogP contribution in [0.4, 0.5) is 0 Å². The van der Waals surface area contributed by atoms with Gasteiger partial charge < -0.3 is 14.9 Å². The summed E-state index contributed by atoms with van der Waals surface area (Å²) in [6.45, 7) is 5.09. The molecule has 0 aromatic carbocycles. The van der Waals surface area contributed by atoms with Gasteiger partial charge in [0.2, 0.25) is 5.91 Å². The summed E-state index contributed by atoms with van der Waals surface area (Å²) in [5.41, 5.74) is 0. The molecule has 2 N–H and O–H groups in total. The number of carboxylic acids is 1. The molecule has 0 aliphatic carbocycles. The number of carbonyl (C=O) groups excluding carboxylic acids is 1. The van der Waals surface area contributed by atoms with Gasteiger partial charge in [-0.2, -0.15) is 0 Å². The van der Waals surface area contributed by atoms with Crippen LogP contribution in [-0.4, -0.2) is 52.2 Å². The van der Waals surface area contributed by atoms with Gasteiger partial charge in [0, 0.05) is 31.7 Å². The summed E-state index contributed by atoms with van der Waals surface area (Å²) in [7, 11) is -3.26. The fourth-order valence-electron chi connectivity index (χ4n) is 1.99. The van der Waals surface area contributed by atoms with Gasteiger partial charge in [0.15, 0.2) is 7.37 Å². The molecule has 0 bridgehead atoms. The van der Waals surface area contributed by atoms with Crippen LogP contribution in [0.2, 0.25) is 0 Å². The van der Waals surface area contributed by atoms with Gasteiger partial charge in [0.1, 0.15) is 6.04 Å². The van der Waals surface area contributed by atoms with Crippen LogP contribution in [0.25, 0.3) is 0 Å². The summed E-state index contributed by atoms with van der Waals surface area (Å²) in [5, 5.41) is 9.12. The summed E-state index contributed by atoms with van der Waals surface area (Å²) in [6, 6.07) is -1.03. The highest BCUT2D eigenvalue weighted by molar-refractivity contribution is 7.57. The smallest absolute Gasteiger partial charge is 0.326 e. The summed E-state index contributed by atoms with van der Waals surface area (Å²) >= 11 is 0. The second-order valence-electron chi connectivity index (χ2n) is 4.66. The molecule has 1 heterocycles. The molecule has 0 aromatic heterocycles. The van der Waals surface area contributed by atoms with Crippen LogP contribution >= 0.6 is 7.37 Å². The third-order valence-corrected chi connectivity index (χ3v) is 4.09. The number of carbonyl (C=O) groups is 2. The van der Waals surface area contributed by atoms with Gasteiger partial charge in [-0.05, 0) is 6.42 Å². The zero-order valence-electron chi connectivity index (χ0n) is 10.3. The van der Waals surface area contributed by atoms with Gasteiger partial charge in [0.05, 0.1) is 0 Å². The molecule has 1 aliphatic rings. The van der Waals surface area contributed by atoms with Crippen molar-refractivity contribution >= 4 is 19.2 Å². The molecule has 1 rings (SSSR count). The number of nitrogens with zero attached hydrogens (tertiary/aromatic N) is 1. The van der Waals surface area contributed by atoms with Crippen LogP contribution in [-0.2, 0) is 14.2 Å². The predicted octanol–water partition coefficient (Wildman–Crippen LogP) is 0.764. The SMILES string of the molecule is C=CC1CC(=O)N(C(CCP(C)(=O)O)C(=O)O)C1. The van der Waals surface area contributed by atoms with E-state index >= 15 is 0 Å². The Balaban J connectivity index is 2.74. The molecule has 3 atom stereocenters. The molecule has 102 valence electrons. The quantitative estimate of drug-likeness (QED) is 0.551. The highest BCUT2D eigenvalue weighted by atomic mass is 31.2. The summed E-state index contributed by atoms with van der Waals surface area (Å²) in [5.74, 6) is -1.42. The maximum atomic E-state index is 11.7. The van der Waals surface area contributed by atoms with Gasteiger partial charge in [-0.1, -0.05) is 6.08 Å². The van der Waals surface area contributed by atoms with E-state index in [2.05, 4.69) is 6.58 Å². The van der Waals surface area contributed by atoms with E-state index in [-0.39, 0.29) is 30.8 Å². The van der Waals surface area contributed by atoms with Gasteiger partial charge in [-0.3, -0.25) is 9.36 Å². The fraction of sp³-hybridized carbons (Fsp3) is 0.636. The minimum atomic E-state index is -3.26. The Kier molecular flexibility index (Phi) is 4.71. The lowest BCUT2D eigenvalue weighted by atomic mass is 10.1. The minimum absolute atomic E-state index is 0.00475. The highest BCUT2D eigenvalue weighted by Crippen LogP contribution is 2.37. The maximum Gasteiger partial charge on any atom is 0.326 e. The average Bonchev–Trinajstić information content (AvgIpc) is 2.58. The molecular weight excluding hydrogens is 257 g/mol. The molecule has 7 heteroatoms. The van der Waals surface area contributed by atoms with Crippen LogP contribution in [0.5, 0.6) is 0 Å². The lowest BCUT2D eigenvalue weighted by Gasteiger charge is -2.24. The molecule has 1 aliphatic heterocycles. The number of likely N-dealkylation sites (tertiary alicyclic amines) is 1. The van der Waals surface area contributed by atoms with Crippen LogP contribution in [0.3, 0.4) is 0 Å². The number of hydrogen-bond donors (Lipinski definition) is 2. The zero-order valence-corrected chi connectivity index (χ0v) is 11.2. The number of amides is 1. The Morgan fingerprint density at radius 3 is 2.72 bits per heavy atom. The zero-order chi connectivity index (χ0) is 13.9. The molecule has 0 spiro atoms. The molecule has 0 aromatic rings. The first-order chi connectivity index (χ1) is 8.24. The van der Waals surface area contributed by atoms with E-state index in [0.717, 1.165) is 0 Å². The third-order valence-electron chi connectivity index (χ3n) is 3.00. The second kappa shape index (κ2) is 5.67. The number of hydrogen-bond acceptors (Lipinski definition) is 3. The molecule has 0 saturated carbocycles. The summed E-state index contributed by atoms with van der Waals surface area (Å²) in [4.78, 5) is 33.3. The van der Waals surface area contributed by atoms with Crippen molar-refractivity contribution in [1.82, 2.24) is 4.90 Å². The largest absolute Gasteiger partial charge is 0.480 e. The molecule has 1 saturated heterocycles. The second-order valence-corrected chi connectivity index (χ2v) is 7.21. The van der Waals surface area contributed by atoms with E-state index in [0.29, 0.717) is 6.54 Å². The van der Waals surface area contributed by atoms with Gasteiger partial charge in [-0.15, -0.1) is 6.58 Å². The molecule has 18 heavy (non-hydrogen) atoms. The van der Waals surface area contributed by atoms with Crippen molar-refractivity contribution in [1.29, 1.82) is 0 Å². The van der Waals surface area contributed by atoms with Crippen molar-refractivity contribution in [2.75, 3.05) is 19.4 Å². The van der Waals surface area contributed by atoms with Crippen LogP contribution < -0.4 is 0 Å². The van der Waals surface area contributed by atoms with E-state index in [4.69, 9.17) is 5.11 Å². The summed E-state index contributed by atoms with van der Waals surface area (Å²) in [6.07, 6.45) is 1.78. The maximum absolute atomic E-state index is 11.7. The normalized spacial score (nSPS) is 24.7. The fourth-order valence-corrected chi connectivity index (χ4v) is 2.72. The molecule has 1 fully saturated rings. The monoisotopic (exact) mass is 275 g/mol. The number of rotatable bonds is 6. The van der Waals surface area contributed by atoms with Crippen LogP contribution in [0.1, 0.15) is 12.8 Å². The highest BCUT2D eigenvalue weighted by Gasteiger charge is 2.37. The van der Waals surface area contributed by atoms with Crippen molar-refractivity contribution in [2.24, 2.45) is 5.92 Å². The molecule has 0 radical (unpaired) electrons. The van der Waals surface area contributed by atoms with Crippen molar-refractivity contribution in [3.8, 4) is 0 Å². The van der Waals surface area contributed by atoms with E-state index in [1.807, 2.05) is 0 Å². The minimum Gasteiger partial charge on any atom is -0.480 e. The summed E-state index contributed by atoms with van der Waals surface area (Å²) < 4.78 is 11.2. The first kappa shape index (κ1) is 14.9. The van der Waals surface area contributed by atoms with E-state index in [1.165, 1.54) is 11.6 Å². The lowest BCUT2D eigenvalue weighted by Crippen LogP contribution is -2.42. The molecule has 6 nitrogen and oxygen atoms in total. The van der Waals surface area contributed by atoms with Crippen molar-refractivity contribution in [3.05, 3.63) is 12.7 Å². The van der Waals surface area contributed by atoms with Gasteiger partial charge in [-0.25, -0.2) is 4.79 Å². The van der Waals surface area contributed by atoms with Crippen LogP contribution in [0, 0.1) is 5.92 Å². The van der Waals surface area contributed by atoms with E-state index in [9.17, 15) is 19.0 Å². The van der Waals surface area contributed by atoms with Crippen molar-refractivity contribution < 1.29 is 24.2 Å². The van der Waals surface area contributed by atoms with Gasteiger partial charge >= 0.3 is 5.97 Å². The van der Waals surface area contributed by atoms with Crippen LogP contribution in [0.15, 0.2) is 12.7 Å². The van der Waals surface area contributed by atoms with E-state index in [1.54, 1.807) is 6.08 Å². The van der Waals surface area contributed by atoms with Crippen molar-refractivity contribution in [2.45, 2.75) is 18.9 Å².